The Labute approximate surface area is 122 Å². The molecule has 9 heteroatoms. The lowest BCUT2D eigenvalue weighted by molar-refractivity contribution is -0.121. The minimum atomic E-state index is -2.31. The van der Waals surface area contributed by atoms with Crippen molar-refractivity contribution in [2.75, 3.05) is 5.32 Å². The molecule has 1 unspecified atom stereocenters. The molecule has 21 heavy (non-hydrogen) atoms. The van der Waals surface area contributed by atoms with Gasteiger partial charge in [0.15, 0.2) is 23.3 Å². The SMILES string of the molecule is CCC(C)(C(=O)Nc1c(F)c(F)c(F)c(F)c1F)C(N)=S. The second-order valence-corrected chi connectivity index (χ2v) is 4.89. The van der Waals surface area contributed by atoms with Crippen molar-refractivity contribution in [3.05, 3.63) is 29.1 Å². The second-order valence-electron chi connectivity index (χ2n) is 4.45. The molecule has 0 aliphatic rings. The van der Waals surface area contributed by atoms with E-state index in [1.807, 2.05) is 0 Å². The highest BCUT2D eigenvalue weighted by molar-refractivity contribution is 7.80. The summed E-state index contributed by atoms with van der Waals surface area (Å²) in [5.74, 6) is -12.0. The Kier molecular flexibility index (Phi) is 4.87. The topological polar surface area (TPSA) is 55.1 Å². The smallest absolute Gasteiger partial charge is 0.237 e. The average Bonchev–Trinajstić information content (AvgIpc) is 2.46. The van der Waals surface area contributed by atoms with Crippen molar-refractivity contribution in [1.82, 2.24) is 0 Å². The molecular formula is C12H11F5N2OS. The van der Waals surface area contributed by atoms with Gasteiger partial charge in [0, 0.05) is 0 Å². The maximum atomic E-state index is 13.5. The van der Waals surface area contributed by atoms with Crippen LogP contribution in [-0.2, 0) is 4.79 Å². The van der Waals surface area contributed by atoms with Crippen LogP contribution in [0, 0.1) is 34.5 Å². The number of anilines is 1. The molecule has 0 aliphatic heterocycles. The maximum absolute atomic E-state index is 13.5. The molecular weight excluding hydrogens is 315 g/mol. The lowest BCUT2D eigenvalue weighted by atomic mass is 9.86. The van der Waals surface area contributed by atoms with Crippen molar-refractivity contribution in [2.45, 2.75) is 20.3 Å². The molecule has 0 saturated heterocycles. The fourth-order valence-corrected chi connectivity index (χ4v) is 1.65. The van der Waals surface area contributed by atoms with Gasteiger partial charge in [0.05, 0.1) is 10.4 Å². The number of nitrogens with two attached hydrogens (primary N) is 1. The van der Waals surface area contributed by atoms with E-state index in [-0.39, 0.29) is 11.4 Å². The van der Waals surface area contributed by atoms with Gasteiger partial charge in [-0.05, 0) is 13.3 Å². The summed E-state index contributed by atoms with van der Waals surface area (Å²) < 4.78 is 65.8. The number of hydrogen-bond acceptors (Lipinski definition) is 2. The summed E-state index contributed by atoms with van der Waals surface area (Å²) in [7, 11) is 0. The van der Waals surface area contributed by atoms with Crippen molar-refractivity contribution in [3.8, 4) is 0 Å². The summed E-state index contributed by atoms with van der Waals surface area (Å²) in [4.78, 5) is 11.7. The van der Waals surface area contributed by atoms with Crippen LogP contribution in [0.5, 0.6) is 0 Å². The molecule has 0 saturated carbocycles. The van der Waals surface area contributed by atoms with Gasteiger partial charge in [-0.1, -0.05) is 19.1 Å². The molecule has 1 aromatic carbocycles. The fraction of sp³-hybridized carbons (Fsp3) is 0.333. The van der Waals surface area contributed by atoms with Crippen LogP contribution in [0.3, 0.4) is 0 Å². The summed E-state index contributed by atoms with van der Waals surface area (Å²) in [6, 6.07) is 0. The van der Waals surface area contributed by atoms with Crippen LogP contribution >= 0.6 is 12.2 Å². The van der Waals surface area contributed by atoms with E-state index in [2.05, 4.69) is 12.2 Å². The minimum Gasteiger partial charge on any atom is -0.392 e. The van der Waals surface area contributed by atoms with E-state index in [0.29, 0.717) is 0 Å². The van der Waals surface area contributed by atoms with Crippen LogP contribution < -0.4 is 11.1 Å². The molecule has 0 bridgehead atoms. The van der Waals surface area contributed by atoms with Crippen LogP contribution in [0.15, 0.2) is 0 Å². The Morgan fingerprint density at radius 3 is 1.81 bits per heavy atom. The first kappa shape index (κ1) is 17.3. The number of benzene rings is 1. The van der Waals surface area contributed by atoms with Gasteiger partial charge < -0.3 is 11.1 Å². The average molecular weight is 326 g/mol. The zero-order valence-electron chi connectivity index (χ0n) is 11.0. The number of halogens is 5. The highest BCUT2D eigenvalue weighted by Gasteiger charge is 2.37. The minimum absolute atomic E-state index is 0.0730. The van der Waals surface area contributed by atoms with E-state index >= 15 is 0 Å². The van der Waals surface area contributed by atoms with Crippen molar-refractivity contribution in [3.63, 3.8) is 0 Å². The van der Waals surface area contributed by atoms with Gasteiger partial charge in [-0.15, -0.1) is 0 Å². The highest BCUT2D eigenvalue weighted by Crippen LogP contribution is 2.30. The quantitative estimate of drug-likeness (QED) is 0.387. The van der Waals surface area contributed by atoms with Gasteiger partial charge >= 0.3 is 0 Å². The largest absolute Gasteiger partial charge is 0.392 e. The summed E-state index contributed by atoms with van der Waals surface area (Å²) in [6.07, 6.45) is 0.0730. The molecule has 1 atom stereocenters. The van der Waals surface area contributed by atoms with E-state index in [1.165, 1.54) is 13.8 Å². The second kappa shape index (κ2) is 5.92. The lowest BCUT2D eigenvalue weighted by Gasteiger charge is -2.25. The molecule has 3 N–H and O–H groups in total. The summed E-state index contributed by atoms with van der Waals surface area (Å²) in [5.41, 5.74) is 2.44. The molecule has 1 rings (SSSR count). The van der Waals surface area contributed by atoms with Gasteiger partial charge in [-0.3, -0.25) is 4.79 Å². The van der Waals surface area contributed by atoms with E-state index in [9.17, 15) is 26.7 Å². The van der Waals surface area contributed by atoms with E-state index in [1.54, 1.807) is 5.32 Å². The number of rotatable bonds is 4. The van der Waals surface area contributed by atoms with Gasteiger partial charge in [0.2, 0.25) is 11.7 Å². The number of amides is 1. The van der Waals surface area contributed by atoms with Gasteiger partial charge in [0.1, 0.15) is 5.69 Å². The lowest BCUT2D eigenvalue weighted by Crippen LogP contribution is -2.43. The van der Waals surface area contributed by atoms with Gasteiger partial charge in [0.25, 0.3) is 0 Å². The third-order valence-corrected chi connectivity index (χ3v) is 3.65. The van der Waals surface area contributed by atoms with Crippen LogP contribution in [0.25, 0.3) is 0 Å². The fourth-order valence-electron chi connectivity index (χ4n) is 1.41. The predicted octanol–water partition coefficient (Wildman–Crippen LogP) is 3.02. The molecule has 0 aliphatic carbocycles. The third-order valence-electron chi connectivity index (χ3n) is 3.20. The number of thiocarbonyl (C=S) groups is 1. The molecule has 1 aromatic rings. The van der Waals surface area contributed by atoms with Crippen LogP contribution in [0.1, 0.15) is 20.3 Å². The summed E-state index contributed by atoms with van der Waals surface area (Å²) >= 11 is 4.68. The molecule has 3 nitrogen and oxygen atoms in total. The Hall–Kier alpha value is -1.77. The molecule has 0 fully saturated rings. The normalized spacial score (nSPS) is 13.7. The maximum Gasteiger partial charge on any atom is 0.237 e. The summed E-state index contributed by atoms with van der Waals surface area (Å²) in [5, 5.41) is 1.66. The molecule has 0 aromatic heterocycles. The number of hydrogen-bond donors (Lipinski definition) is 2. The van der Waals surface area contributed by atoms with Gasteiger partial charge in [-0.2, -0.15) is 0 Å². The Bertz CT molecular complexity index is 593. The number of nitrogens with one attached hydrogen (secondary N) is 1. The zero-order valence-corrected chi connectivity index (χ0v) is 11.8. The van der Waals surface area contributed by atoms with E-state index in [0.717, 1.165) is 0 Å². The Balaban J connectivity index is 3.33. The van der Waals surface area contributed by atoms with E-state index < -0.39 is 46.1 Å². The molecule has 1 amide bonds. The molecule has 116 valence electrons. The van der Waals surface area contributed by atoms with Crippen molar-refractivity contribution >= 4 is 28.8 Å². The van der Waals surface area contributed by atoms with Crippen LogP contribution in [0.2, 0.25) is 0 Å². The van der Waals surface area contributed by atoms with Crippen LogP contribution in [0.4, 0.5) is 27.6 Å². The van der Waals surface area contributed by atoms with Crippen molar-refractivity contribution < 1.29 is 26.7 Å². The third kappa shape index (κ3) is 2.82. The standard InChI is InChI=1S/C12H11F5N2OS/c1-3-12(2,10(18)21)11(20)19-9-7(16)5(14)4(13)6(15)8(9)17/h3H2,1-2H3,(H2,18,21)(H,19,20). The highest BCUT2D eigenvalue weighted by atomic mass is 32.1. The van der Waals surface area contributed by atoms with Gasteiger partial charge in [-0.25, -0.2) is 22.0 Å². The molecule has 0 radical (unpaired) electrons. The monoisotopic (exact) mass is 326 g/mol. The molecule has 0 spiro atoms. The zero-order chi connectivity index (χ0) is 16.5. The first-order chi connectivity index (χ1) is 9.57. The Morgan fingerprint density at radius 1 is 1.10 bits per heavy atom. The number of carbonyl (C=O) groups excluding carboxylic acids is 1. The molecule has 0 heterocycles. The first-order valence-electron chi connectivity index (χ1n) is 5.70. The number of carbonyl (C=O) groups is 1. The van der Waals surface area contributed by atoms with Crippen molar-refractivity contribution in [2.24, 2.45) is 11.1 Å². The van der Waals surface area contributed by atoms with Crippen molar-refractivity contribution in [1.29, 1.82) is 0 Å². The predicted molar refractivity (Wildman–Crippen MR) is 70.0 cm³/mol. The summed E-state index contributed by atoms with van der Waals surface area (Å²) in [6.45, 7) is 2.81. The first-order valence-corrected chi connectivity index (χ1v) is 6.11. The Morgan fingerprint density at radius 2 is 1.48 bits per heavy atom. The van der Waals surface area contributed by atoms with Crippen LogP contribution in [-0.4, -0.2) is 10.9 Å². The van der Waals surface area contributed by atoms with E-state index in [4.69, 9.17) is 5.73 Å².